The summed E-state index contributed by atoms with van der Waals surface area (Å²) in [5.41, 5.74) is 4.41. The van der Waals surface area contributed by atoms with E-state index in [4.69, 9.17) is 0 Å². The molecule has 1 N–H and O–H groups in total. The van der Waals surface area contributed by atoms with E-state index in [0.29, 0.717) is 5.92 Å². The van der Waals surface area contributed by atoms with Crippen molar-refractivity contribution in [1.29, 1.82) is 0 Å². The molecule has 1 fully saturated rings. The lowest BCUT2D eigenvalue weighted by Crippen LogP contribution is -2.19. The number of rotatable bonds is 5. The van der Waals surface area contributed by atoms with Gasteiger partial charge in [0.05, 0.1) is 0 Å². The molecule has 1 saturated carbocycles. The van der Waals surface area contributed by atoms with Crippen molar-refractivity contribution in [3.8, 4) is 0 Å². The molecule has 1 heteroatoms. The monoisotopic (exact) mass is 217 g/mol. The molecule has 0 heterocycles. The third-order valence-electron chi connectivity index (χ3n) is 3.44. The van der Waals surface area contributed by atoms with Crippen molar-refractivity contribution in [2.24, 2.45) is 0 Å². The minimum absolute atomic E-state index is 0.635. The van der Waals surface area contributed by atoms with Crippen molar-refractivity contribution in [1.82, 2.24) is 5.32 Å². The summed E-state index contributed by atoms with van der Waals surface area (Å²) >= 11 is 0. The molecule has 1 aromatic rings. The summed E-state index contributed by atoms with van der Waals surface area (Å²) in [7, 11) is 0. The van der Waals surface area contributed by atoms with Crippen LogP contribution < -0.4 is 5.32 Å². The second-order valence-corrected chi connectivity index (χ2v) is 5.32. The van der Waals surface area contributed by atoms with Crippen LogP contribution in [0.15, 0.2) is 18.2 Å². The Bertz CT molecular complexity index is 350. The first-order valence-corrected chi connectivity index (χ1v) is 6.49. The Hall–Kier alpha value is -0.820. The molecule has 1 aliphatic rings. The van der Waals surface area contributed by atoms with Crippen molar-refractivity contribution in [3.63, 3.8) is 0 Å². The van der Waals surface area contributed by atoms with Crippen LogP contribution >= 0.6 is 0 Å². The van der Waals surface area contributed by atoms with Crippen molar-refractivity contribution in [2.75, 3.05) is 6.54 Å². The van der Waals surface area contributed by atoms with Gasteiger partial charge in [0.1, 0.15) is 0 Å². The van der Waals surface area contributed by atoms with Gasteiger partial charge in [-0.2, -0.15) is 0 Å². The zero-order chi connectivity index (χ0) is 11.5. The fourth-order valence-corrected chi connectivity index (χ4v) is 2.02. The Kier molecular flexibility index (Phi) is 3.65. The lowest BCUT2D eigenvalue weighted by molar-refractivity contribution is 0.680. The summed E-state index contributed by atoms with van der Waals surface area (Å²) in [5, 5.41) is 3.58. The standard InChI is InChI=1S/C15H23N/c1-11(2)13-5-4-12(3)14(10-13)8-9-16-15-6-7-15/h4-5,10-11,15-16H,6-9H2,1-3H3. The molecule has 0 aromatic heterocycles. The average Bonchev–Trinajstić information content (AvgIpc) is 3.04. The molecule has 2 rings (SSSR count). The summed E-state index contributed by atoms with van der Waals surface area (Å²) in [5.74, 6) is 0.635. The van der Waals surface area contributed by atoms with Gasteiger partial charge >= 0.3 is 0 Å². The quantitative estimate of drug-likeness (QED) is 0.797. The molecule has 0 saturated heterocycles. The largest absolute Gasteiger partial charge is 0.314 e. The molecule has 1 nitrogen and oxygen atoms in total. The lowest BCUT2D eigenvalue weighted by Gasteiger charge is -2.11. The summed E-state index contributed by atoms with van der Waals surface area (Å²) < 4.78 is 0. The van der Waals surface area contributed by atoms with E-state index in [1.165, 1.54) is 36.0 Å². The zero-order valence-electron chi connectivity index (χ0n) is 10.7. The topological polar surface area (TPSA) is 12.0 Å². The Balaban J connectivity index is 1.96. The molecular weight excluding hydrogens is 194 g/mol. The first-order chi connectivity index (χ1) is 7.66. The first-order valence-electron chi connectivity index (χ1n) is 6.49. The number of hydrogen-bond donors (Lipinski definition) is 1. The molecular formula is C15H23N. The molecule has 0 bridgehead atoms. The van der Waals surface area contributed by atoms with E-state index in [9.17, 15) is 0 Å². The smallest absolute Gasteiger partial charge is 0.00683 e. The van der Waals surface area contributed by atoms with Gasteiger partial charge in [-0.15, -0.1) is 0 Å². The van der Waals surface area contributed by atoms with Gasteiger partial charge in [0.2, 0.25) is 0 Å². The highest BCUT2D eigenvalue weighted by atomic mass is 14.9. The number of aryl methyl sites for hydroxylation is 1. The van der Waals surface area contributed by atoms with E-state index >= 15 is 0 Å². The van der Waals surface area contributed by atoms with Crippen LogP contribution in [0.1, 0.15) is 49.3 Å². The Morgan fingerprint density at radius 1 is 1.31 bits per heavy atom. The van der Waals surface area contributed by atoms with Crippen LogP contribution in [0.3, 0.4) is 0 Å². The molecule has 0 amide bonds. The third-order valence-corrected chi connectivity index (χ3v) is 3.44. The molecule has 88 valence electrons. The maximum Gasteiger partial charge on any atom is 0.00683 e. The van der Waals surface area contributed by atoms with Gasteiger partial charge in [-0.25, -0.2) is 0 Å². The summed E-state index contributed by atoms with van der Waals surface area (Å²) in [6.07, 6.45) is 3.93. The van der Waals surface area contributed by atoms with Crippen molar-refractivity contribution >= 4 is 0 Å². The molecule has 0 radical (unpaired) electrons. The molecule has 0 atom stereocenters. The van der Waals surface area contributed by atoms with Crippen molar-refractivity contribution < 1.29 is 0 Å². The highest BCUT2D eigenvalue weighted by molar-refractivity contribution is 5.32. The number of benzene rings is 1. The van der Waals surface area contributed by atoms with Gasteiger partial charge in [-0.05, 0) is 55.3 Å². The predicted molar refractivity (Wildman–Crippen MR) is 70.0 cm³/mol. The van der Waals surface area contributed by atoms with E-state index < -0.39 is 0 Å². The van der Waals surface area contributed by atoms with Crippen LogP contribution in [0.5, 0.6) is 0 Å². The Morgan fingerprint density at radius 2 is 2.06 bits per heavy atom. The average molecular weight is 217 g/mol. The zero-order valence-corrected chi connectivity index (χ0v) is 10.7. The van der Waals surface area contributed by atoms with Gasteiger partial charge in [0.15, 0.2) is 0 Å². The van der Waals surface area contributed by atoms with E-state index in [-0.39, 0.29) is 0 Å². The Labute approximate surface area is 99.3 Å². The van der Waals surface area contributed by atoms with E-state index in [2.05, 4.69) is 44.3 Å². The van der Waals surface area contributed by atoms with Gasteiger partial charge < -0.3 is 5.32 Å². The molecule has 1 aliphatic carbocycles. The normalized spacial score (nSPS) is 15.8. The minimum Gasteiger partial charge on any atom is -0.314 e. The van der Waals surface area contributed by atoms with Gasteiger partial charge in [0.25, 0.3) is 0 Å². The second kappa shape index (κ2) is 5.01. The highest BCUT2D eigenvalue weighted by Crippen LogP contribution is 2.20. The number of hydrogen-bond acceptors (Lipinski definition) is 1. The van der Waals surface area contributed by atoms with Crippen LogP contribution in [0.25, 0.3) is 0 Å². The van der Waals surface area contributed by atoms with Gasteiger partial charge in [-0.1, -0.05) is 32.0 Å². The molecule has 0 spiro atoms. The van der Waals surface area contributed by atoms with E-state index in [0.717, 1.165) is 12.6 Å². The van der Waals surface area contributed by atoms with Crippen LogP contribution in [0.2, 0.25) is 0 Å². The summed E-state index contributed by atoms with van der Waals surface area (Å²) in [6.45, 7) is 7.87. The van der Waals surface area contributed by atoms with Crippen molar-refractivity contribution in [2.45, 2.75) is 52.0 Å². The lowest BCUT2D eigenvalue weighted by atomic mass is 9.96. The fourth-order valence-electron chi connectivity index (χ4n) is 2.02. The number of nitrogens with one attached hydrogen (secondary N) is 1. The predicted octanol–water partition coefficient (Wildman–Crippen LogP) is 3.41. The summed E-state index contributed by atoms with van der Waals surface area (Å²) in [6, 6.07) is 7.74. The van der Waals surface area contributed by atoms with E-state index in [1.807, 2.05) is 0 Å². The fraction of sp³-hybridized carbons (Fsp3) is 0.600. The summed E-state index contributed by atoms with van der Waals surface area (Å²) in [4.78, 5) is 0. The third kappa shape index (κ3) is 3.08. The van der Waals surface area contributed by atoms with Crippen LogP contribution in [-0.4, -0.2) is 12.6 Å². The van der Waals surface area contributed by atoms with Crippen molar-refractivity contribution in [3.05, 3.63) is 34.9 Å². The first kappa shape index (κ1) is 11.7. The van der Waals surface area contributed by atoms with Crippen LogP contribution in [-0.2, 0) is 6.42 Å². The molecule has 16 heavy (non-hydrogen) atoms. The maximum atomic E-state index is 3.58. The highest BCUT2D eigenvalue weighted by Gasteiger charge is 2.19. The van der Waals surface area contributed by atoms with E-state index in [1.54, 1.807) is 0 Å². The molecule has 0 unspecified atom stereocenters. The van der Waals surface area contributed by atoms with Gasteiger partial charge in [0, 0.05) is 6.04 Å². The van der Waals surface area contributed by atoms with Gasteiger partial charge in [-0.3, -0.25) is 0 Å². The second-order valence-electron chi connectivity index (χ2n) is 5.32. The SMILES string of the molecule is Cc1ccc(C(C)C)cc1CCNC1CC1. The maximum absolute atomic E-state index is 3.58. The minimum atomic E-state index is 0.635. The Morgan fingerprint density at radius 3 is 2.69 bits per heavy atom. The molecule has 0 aliphatic heterocycles. The van der Waals surface area contributed by atoms with Crippen LogP contribution in [0, 0.1) is 6.92 Å². The van der Waals surface area contributed by atoms with Crippen LogP contribution in [0.4, 0.5) is 0 Å². The molecule has 1 aromatic carbocycles.